The number of likely N-dealkylation sites (tertiary alicyclic amines) is 1. The molecule has 0 saturated carbocycles. The van der Waals surface area contributed by atoms with Crippen molar-refractivity contribution in [1.82, 2.24) is 26.2 Å². The molecule has 1 saturated heterocycles. The van der Waals surface area contributed by atoms with Gasteiger partial charge in [-0.2, -0.15) is 0 Å². The van der Waals surface area contributed by atoms with Gasteiger partial charge in [0, 0.05) is 37.2 Å². The first-order valence-electron chi connectivity index (χ1n) is 14.6. The number of likely N-dealkylation sites (N-methyl/N-ethyl adjacent to an activating group) is 1. The van der Waals surface area contributed by atoms with Crippen molar-refractivity contribution in [3.63, 3.8) is 0 Å². The highest BCUT2D eigenvalue weighted by Gasteiger charge is 2.46. The number of methoxy groups -OCH3 is 1. The monoisotopic (exact) mass is 591 g/mol. The molecule has 0 spiro atoms. The molecule has 43 heavy (non-hydrogen) atoms. The van der Waals surface area contributed by atoms with E-state index in [1.807, 2.05) is 44.2 Å². The molecule has 230 valence electrons. The van der Waals surface area contributed by atoms with Crippen molar-refractivity contribution in [3.05, 3.63) is 65.9 Å². The molecule has 5 atom stereocenters. The molecule has 4 amide bonds. The summed E-state index contributed by atoms with van der Waals surface area (Å²) in [7, 11) is 3.20. The van der Waals surface area contributed by atoms with Crippen molar-refractivity contribution >= 4 is 29.7 Å². The number of hydrogen-bond donors (Lipinski definition) is 4. The van der Waals surface area contributed by atoms with E-state index in [1.54, 1.807) is 38.2 Å². The second kappa shape index (κ2) is 14.2. The molecule has 0 aromatic heterocycles. The number of amides is 4. The van der Waals surface area contributed by atoms with Gasteiger partial charge in [0.15, 0.2) is 0 Å². The molecule has 1 fully saturated rings. The van der Waals surface area contributed by atoms with Gasteiger partial charge in [-0.1, -0.05) is 44.2 Å². The molecule has 0 radical (unpaired) electrons. The largest absolute Gasteiger partial charge is 0.496 e. The van der Waals surface area contributed by atoms with Crippen molar-refractivity contribution in [1.29, 1.82) is 0 Å². The van der Waals surface area contributed by atoms with Gasteiger partial charge in [0.05, 0.1) is 13.2 Å². The van der Waals surface area contributed by atoms with Gasteiger partial charge in [-0.3, -0.25) is 19.2 Å². The number of nitrogens with zero attached hydrogens (tertiary/aromatic N) is 1. The molecule has 11 heteroatoms. The number of carbonyl (C=O) groups is 4. The topological polar surface area (TPSA) is 138 Å². The summed E-state index contributed by atoms with van der Waals surface area (Å²) in [4.78, 5) is 55.7. The summed E-state index contributed by atoms with van der Waals surface area (Å²) < 4.78 is 11.9. The fraction of sp³-hybridized carbons (Fsp3) is 0.438. The highest BCUT2D eigenvalue weighted by atomic mass is 16.5. The second-order valence-corrected chi connectivity index (χ2v) is 11.2. The predicted molar refractivity (Wildman–Crippen MR) is 162 cm³/mol. The predicted octanol–water partition coefficient (Wildman–Crippen LogP) is 1.62. The molecule has 3 aliphatic rings. The number of rotatable bonds is 8. The van der Waals surface area contributed by atoms with Crippen LogP contribution in [0.15, 0.2) is 54.7 Å². The Morgan fingerprint density at radius 3 is 2.51 bits per heavy atom. The van der Waals surface area contributed by atoms with E-state index in [9.17, 15) is 19.2 Å². The Bertz CT molecular complexity index is 1350. The Morgan fingerprint density at radius 2 is 1.84 bits per heavy atom. The van der Waals surface area contributed by atoms with Crippen molar-refractivity contribution in [2.75, 3.05) is 20.7 Å². The summed E-state index contributed by atoms with van der Waals surface area (Å²) in [6, 6.07) is 11.3. The average Bonchev–Trinajstić information content (AvgIpc) is 3.42. The Balaban J connectivity index is 1.71. The summed E-state index contributed by atoms with van der Waals surface area (Å²) in [5.74, 6) is -0.895. The van der Waals surface area contributed by atoms with Crippen LogP contribution in [0, 0.1) is 5.92 Å². The molecular weight excluding hydrogens is 550 g/mol. The minimum absolute atomic E-state index is 0.231. The Kier molecular flexibility index (Phi) is 10.4. The summed E-state index contributed by atoms with van der Waals surface area (Å²) in [5.41, 5.74) is 1.58. The molecular formula is C32H41N5O6. The zero-order chi connectivity index (χ0) is 31.1. The molecule has 0 aliphatic carbocycles. The third-order valence-corrected chi connectivity index (χ3v) is 7.85. The van der Waals surface area contributed by atoms with E-state index < -0.39 is 42.1 Å². The fourth-order valence-electron chi connectivity index (χ4n) is 5.25. The molecule has 5 rings (SSSR count). The third kappa shape index (κ3) is 7.53. The first-order chi connectivity index (χ1) is 20.6. The van der Waals surface area contributed by atoms with Gasteiger partial charge >= 0.3 is 0 Å². The molecule has 3 heterocycles. The van der Waals surface area contributed by atoms with Gasteiger partial charge in [-0.05, 0) is 43.7 Å². The Hall–Kier alpha value is -4.38. The van der Waals surface area contributed by atoms with Crippen LogP contribution in [0.1, 0.15) is 38.3 Å². The number of benzene rings is 2. The second-order valence-electron chi connectivity index (χ2n) is 11.2. The molecule has 11 nitrogen and oxygen atoms in total. The molecule has 2 bridgehead atoms. The highest BCUT2D eigenvalue weighted by Crippen LogP contribution is 2.30. The fourth-order valence-corrected chi connectivity index (χ4v) is 5.25. The summed E-state index contributed by atoms with van der Waals surface area (Å²) in [5, 5.41) is 11.4. The number of carbonyl (C=O) groups excluding carboxylic acids is 4. The van der Waals surface area contributed by atoms with Gasteiger partial charge < -0.3 is 35.6 Å². The van der Waals surface area contributed by atoms with Crippen molar-refractivity contribution < 1.29 is 28.7 Å². The van der Waals surface area contributed by atoms with E-state index in [4.69, 9.17) is 9.47 Å². The van der Waals surface area contributed by atoms with Crippen LogP contribution in [-0.4, -0.2) is 79.5 Å². The van der Waals surface area contributed by atoms with Gasteiger partial charge in [-0.25, -0.2) is 0 Å². The van der Waals surface area contributed by atoms with Crippen molar-refractivity contribution in [2.24, 2.45) is 5.92 Å². The molecule has 5 unspecified atom stereocenters. The van der Waals surface area contributed by atoms with Crippen LogP contribution in [0.2, 0.25) is 0 Å². The van der Waals surface area contributed by atoms with E-state index in [1.165, 1.54) is 18.2 Å². The maximum Gasteiger partial charge on any atom is 0.247 e. The van der Waals surface area contributed by atoms with Crippen LogP contribution in [-0.2, 0) is 25.6 Å². The molecule has 2 aromatic rings. The van der Waals surface area contributed by atoms with E-state index in [0.29, 0.717) is 17.9 Å². The first kappa shape index (κ1) is 31.6. The number of hydrogen-bond acceptors (Lipinski definition) is 7. The smallest absolute Gasteiger partial charge is 0.247 e. The van der Waals surface area contributed by atoms with E-state index in [-0.39, 0.29) is 30.7 Å². The minimum atomic E-state index is -1.05. The molecule has 3 aliphatic heterocycles. The van der Waals surface area contributed by atoms with E-state index in [0.717, 1.165) is 11.1 Å². The van der Waals surface area contributed by atoms with E-state index in [2.05, 4.69) is 21.3 Å². The normalized spacial score (nSPS) is 21.6. The van der Waals surface area contributed by atoms with Crippen molar-refractivity contribution in [2.45, 2.75) is 63.9 Å². The lowest BCUT2D eigenvalue weighted by Gasteiger charge is -2.33. The number of nitrogens with one attached hydrogen (secondary N) is 4. The van der Waals surface area contributed by atoms with Crippen molar-refractivity contribution in [3.8, 4) is 11.5 Å². The van der Waals surface area contributed by atoms with Crippen LogP contribution in [0.4, 0.5) is 0 Å². The van der Waals surface area contributed by atoms with Crippen LogP contribution in [0.5, 0.6) is 11.5 Å². The van der Waals surface area contributed by atoms with Gasteiger partial charge in [-0.15, -0.1) is 0 Å². The highest BCUT2D eigenvalue weighted by molar-refractivity contribution is 5.96. The van der Waals surface area contributed by atoms with Crippen LogP contribution in [0.25, 0.3) is 6.08 Å². The van der Waals surface area contributed by atoms with E-state index >= 15 is 0 Å². The Labute approximate surface area is 252 Å². The summed E-state index contributed by atoms with van der Waals surface area (Å²) in [6.07, 6.45) is 3.12. The lowest BCUT2D eigenvalue weighted by Crippen LogP contribution is -2.60. The quantitative estimate of drug-likeness (QED) is 0.366. The van der Waals surface area contributed by atoms with Crippen LogP contribution in [0.3, 0.4) is 0 Å². The Morgan fingerprint density at radius 1 is 1.09 bits per heavy atom. The minimum Gasteiger partial charge on any atom is -0.496 e. The lowest BCUT2D eigenvalue weighted by molar-refractivity contribution is -0.144. The number of ether oxygens (including phenoxy) is 2. The maximum atomic E-state index is 14.1. The van der Waals surface area contributed by atoms with Crippen LogP contribution >= 0.6 is 0 Å². The summed E-state index contributed by atoms with van der Waals surface area (Å²) >= 11 is 0. The third-order valence-electron chi connectivity index (χ3n) is 7.85. The van der Waals surface area contributed by atoms with Gasteiger partial charge in [0.1, 0.15) is 35.7 Å². The maximum absolute atomic E-state index is 14.1. The molecule has 2 aromatic carbocycles. The van der Waals surface area contributed by atoms with Crippen LogP contribution < -0.4 is 30.7 Å². The molecule has 4 N–H and O–H groups in total. The SMILES string of the molecule is CNC(C)C(=O)NC(C(=O)N1CCC2Oc3ccc(c(OC)c3)C=CNC(=O)C(Cc3ccccc3)NC(=O)C21)C(C)C. The van der Waals surface area contributed by atoms with Gasteiger partial charge in [0.25, 0.3) is 0 Å². The first-order valence-corrected chi connectivity index (χ1v) is 14.6. The zero-order valence-corrected chi connectivity index (χ0v) is 25.3. The average molecular weight is 592 g/mol. The summed E-state index contributed by atoms with van der Waals surface area (Å²) in [6.45, 7) is 5.61. The standard InChI is InChI=1S/C32H41N5O6/c1-19(2)27(36-29(38)20(3)33-4)32(41)37-16-14-25-28(37)31(40)35-24(17-21-9-7-6-8-10-21)30(39)34-15-13-22-11-12-23(43-25)18-26(22)42-5/h6-13,15,18-20,24-25,27-28,33H,14,16-17H2,1-5H3,(H,34,39)(H,35,40)(H,36,38). The lowest BCUT2D eigenvalue weighted by atomic mass is 10.0. The zero-order valence-electron chi connectivity index (χ0n) is 25.3. The number of fused-ring (bicyclic) bond motifs is 7. The van der Waals surface area contributed by atoms with Gasteiger partial charge in [0.2, 0.25) is 23.6 Å².